The van der Waals surface area contributed by atoms with E-state index in [1.165, 1.54) is 31.4 Å². The highest BCUT2D eigenvalue weighted by molar-refractivity contribution is 8.00. The van der Waals surface area contributed by atoms with E-state index in [0.29, 0.717) is 6.42 Å². The zero-order valence-electron chi connectivity index (χ0n) is 12.1. The highest BCUT2D eigenvalue weighted by Gasteiger charge is 2.13. The first-order chi connectivity index (χ1) is 9.86. The average Bonchev–Trinajstić information content (AvgIpc) is 2.52. The molecular formula is C17H24NOS. The summed E-state index contributed by atoms with van der Waals surface area (Å²) in [5, 5.41) is 5.22. The maximum atomic E-state index is 11.9. The second-order valence-corrected chi connectivity index (χ2v) is 6.77. The van der Waals surface area contributed by atoms with Crippen molar-refractivity contribution in [3.63, 3.8) is 0 Å². The summed E-state index contributed by atoms with van der Waals surface area (Å²) in [6.45, 7) is 2.10. The third-order valence-electron chi connectivity index (χ3n) is 3.71. The van der Waals surface area contributed by atoms with Crippen LogP contribution in [0.1, 0.15) is 48.9 Å². The van der Waals surface area contributed by atoms with Crippen molar-refractivity contribution >= 4 is 17.5 Å². The van der Waals surface area contributed by atoms with Gasteiger partial charge in [-0.3, -0.25) is 4.79 Å². The minimum absolute atomic E-state index is 0.284. The van der Waals surface area contributed by atoms with Crippen LogP contribution in [-0.4, -0.2) is 29.9 Å². The third-order valence-corrected chi connectivity index (χ3v) is 4.99. The van der Waals surface area contributed by atoms with Crippen molar-refractivity contribution in [1.29, 1.82) is 0 Å². The average molecular weight is 290 g/mol. The molecule has 0 N–H and O–H groups in total. The molecule has 2 rings (SSSR count). The monoisotopic (exact) mass is 290 g/mol. The van der Waals surface area contributed by atoms with Crippen LogP contribution in [0.3, 0.4) is 0 Å². The number of hydrogen-bond acceptors (Lipinski definition) is 2. The maximum absolute atomic E-state index is 11.9. The molecule has 1 heterocycles. The highest BCUT2D eigenvalue weighted by Crippen LogP contribution is 2.20. The summed E-state index contributed by atoms with van der Waals surface area (Å²) in [7, 11) is 0. The van der Waals surface area contributed by atoms with Crippen LogP contribution in [0.2, 0.25) is 0 Å². The van der Waals surface area contributed by atoms with Gasteiger partial charge in [-0.1, -0.05) is 49.6 Å². The molecule has 1 aromatic rings. The van der Waals surface area contributed by atoms with Crippen molar-refractivity contribution in [3.05, 3.63) is 35.9 Å². The number of rotatable bonds is 8. The molecule has 1 aliphatic rings. The van der Waals surface area contributed by atoms with Crippen molar-refractivity contribution in [2.45, 2.75) is 43.8 Å². The van der Waals surface area contributed by atoms with E-state index in [-0.39, 0.29) is 5.78 Å². The molecule has 0 aromatic heterocycles. The van der Waals surface area contributed by atoms with Gasteiger partial charge in [-0.25, -0.2) is 5.32 Å². The first kappa shape index (κ1) is 15.6. The summed E-state index contributed by atoms with van der Waals surface area (Å²) < 4.78 is 0. The van der Waals surface area contributed by atoms with E-state index in [1.54, 1.807) is 0 Å². The normalized spacial score (nSPS) is 18.9. The van der Waals surface area contributed by atoms with Gasteiger partial charge in [0.2, 0.25) is 0 Å². The Hall–Kier alpha value is -0.800. The number of hydrogen-bond donors (Lipinski definition) is 0. The topological polar surface area (TPSA) is 31.2 Å². The smallest absolute Gasteiger partial charge is 0.162 e. The fourth-order valence-corrected chi connectivity index (χ4v) is 3.64. The Morgan fingerprint density at radius 3 is 2.70 bits per heavy atom. The summed E-state index contributed by atoms with van der Waals surface area (Å²) in [5.41, 5.74) is 0.854. The van der Waals surface area contributed by atoms with Gasteiger partial charge in [0, 0.05) is 36.1 Å². The summed E-state index contributed by atoms with van der Waals surface area (Å²) in [6, 6.07) is 9.63. The summed E-state index contributed by atoms with van der Waals surface area (Å²) in [5.74, 6) is 1.49. The van der Waals surface area contributed by atoms with E-state index in [9.17, 15) is 4.79 Å². The van der Waals surface area contributed by atoms with Crippen molar-refractivity contribution < 1.29 is 4.79 Å². The second-order valence-electron chi connectivity index (χ2n) is 5.36. The van der Waals surface area contributed by atoms with E-state index in [4.69, 9.17) is 0 Å². The molecule has 1 aromatic carbocycles. The van der Waals surface area contributed by atoms with Gasteiger partial charge >= 0.3 is 0 Å². The Bertz CT molecular complexity index is 387. The predicted molar refractivity (Wildman–Crippen MR) is 86.6 cm³/mol. The number of nitrogens with zero attached hydrogens (tertiary/aromatic N) is 1. The SMILES string of the molecule is O=C(CCCCCCC1C[N]CCS1)c1ccccc1. The van der Waals surface area contributed by atoms with Gasteiger partial charge in [-0.2, -0.15) is 11.8 Å². The fourth-order valence-electron chi connectivity index (χ4n) is 2.53. The quantitative estimate of drug-likeness (QED) is 0.536. The zero-order chi connectivity index (χ0) is 14.0. The molecule has 20 heavy (non-hydrogen) atoms. The van der Waals surface area contributed by atoms with Crippen molar-refractivity contribution in [2.24, 2.45) is 0 Å². The molecular weight excluding hydrogens is 266 g/mol. The van der Waals surface area contributed by atoms with Gasteiger partial charge in [-0.15, -0.1) is 0 Å². The lowest BCUT2D eigenvalue weighted by molar-refractivity contribution is 0.0979. The van der Waals surface area contributed by atoms with Gasteiger partial charge in [0.15, 0.2) is 5.78 Å². The molecule has 0 amide bonds. The highest BCUT2D eigenvalue weighted by atomic mass is 32.2. The lowest BCUT2D eigenvalue weighted by atomic mass is 10.0. The first-order valence-corrected chi connectivity index (χ1v) is 8.74. The third kappa shape index (κ3) is 5.68. The van der Waals surface area contributed by atoms with E-state index < -0.39 is 0 Å². The molecule has 1 radical (unpaired) electrons. The largest absolute Gasteiger partial charge is 0.294 e. The Balaban J connectivity index is 1.50. The van der Waals surface area contributed by atoms with Gasteiger partial charge in [0.05, 0.1) is 0 Å². The first-order valence-electron chi connectivity index (χ1n) is 7.69. The summed E-state index contributed by atoms with van der Waals surface area (Å²) >= 11 is 2.08. The van der Waals surface area contributed by atoms with Crippen LogP contribution in [0, 0.1) is 0 Å². The number of benzene rings is 1. The molecule has 0 saturated carbocycles. The van der Waals surface area contributed by atoms with Crippen molar-refractivity contribution in [3.8, 4) is 0 Å². The number of thioether (sulfide) groups is 1. The molecule has 1 aliphatic heterocycles. The van der Waals surface area contributed by atoms with Gasteiger partial charge in [0.25, 0.3) is 0 Å². The van der Waals surface area contributed by atoms with E-state index in [1.807, 2.05) is 30.3 Å². The minimum atomic E-state index is 0.284. The van der Waals surface area contributed by atoms with Crippen LogP contribution in [0.15, 0.2) is 30.3 Å². The molecule has 0 aliphatic carbocycles. The molecule has 0 spiro atoms. The molecule has 1 unspecified atom stereocenters. The van der Waals surface area contributed by atoms with Gasteiger partial charge in [-0.05, 0) is 12.8 Å². The van der Waals surface area contributed by atoms with Crippen molar-refractivity contribution in [1.82, 2.24) is 5.32 Å². The van der Waals surface area contributed by atoms with Crippen LogP contribution < -0.4 is 5.32 Å². The molecule has 1 saturated heterocycles. The second kappa shape index (κ2) is 9.19. The van der Waals surface area contributed by atoms with E-state index >= 15 is 0 Å². The zero-order valence-corrected chi connectivity index (χ0v) is 12.9. The number of ketones is 1. The Morgan fingerprint density at radius 1 is 1.15 bits per heavy atom. The minimum Gasteiger partial charge on any atom is -0.294 e. The van der Waals surface area contributed by atoms with Crippen LogP contribution in [0.4, 0.5) is 0 Å². The predicted octanol–water partition coefficient (Wildman–Crippen LogP) is 3.93. The number of unbranched alkanes of at least 4 members (excludes halogenated alkanes) is 3. The number of carbonyl (C=O) groups is 1. The molecule has 1 fully saturated rings. The van der Waals surface area contributed by atoms with Crippen LogP contribution in [-0.2, 0) is 0 Å². The molecule has 2 nitrogen and oxygen atoms in total. The lowest BCUT2D eigenvalue weighted by Gasteiger charge is -2.20. The Labute approximate surface area is 126 Å². The van der Waals surface area contributed by atoms with Gasteiger partial charge in [0.1, 0.15) is 0 Å². The van der Waals surface area contributed by atoms with Crippen LogP contribution in [0.5, 0.6) is 0 Å². The van der Waals surface area contributed by atoms with E-state index in [2.05, 4.69) is 17.1 Å². The Kier molecular flexibility index (Phi) is 7.16. The molecule has 1 atom stereocenters. The van der Waals surface area contributed by atoms with Crippen LogP contribution >= 0.6 is 11.8 Å². The summed E-state index contributed by atoms with van der Waals surface area (Å²) in [6.07, 6.45) is 6.72. The Morgan fingerprint density at radius 2 is 1.95 bits per heavy atom. The number of carbonyl (C=O) groups excluding carboxylic acids is 1. The molecule has 0 bridgehead atoms. The summed E-state index contributed by atoms with van der Waals surface area (Å²) in [4.78, 5) is 11.9. The van der Waals surface area contributed by atoms with E-state index in [0.717, 1.165) is 30.3 Å². The lowest BCUT2D eigenvalue weighted by Crippen LogP contribution is -2.27. The molecule has 109 valence electrons. The van der Waals surface area contributed by atoms with Gasteiger partial charge < -0.3 is 0 Å². The molecule has 3 heteroatoms. The van der Waals surface area contributed by atoms with Crippen molar-refractivity contribution in [2.75, 3.05) is 18.8 Å². The number of Topliss-reactive ketones (excluding diaryl/α,β-unsaturated/α-hetero) is 1. The van der Waals surface area contributed by atoms with Crippen LogP contribution in [0.25, 0.3) is 0 Å². The maximum Gasteiger partial charge on any atom is 0.162 e. The standard InChI is InChI=1S/C17H24NOS/c19-17(15-8-4-3-5-9-15)11-7-2-1-6-10-16-14-18-12-13-20-16/h3-5,8-9,16H,1-2,6-7,10-14H2. The fraction of sp³-hybridized carbons (Fsp3) is 0.588.